The maximum Gasteiger partial charge on any atom is 0.133 e. The number of nitrogens with zero attached hydrogens (tertiary/aromatic N) is 2. The molecule has 1 saturated heterocycles. The summed E-state index contributed by atoms with van der Waals surface area (Å²) < 4.78 is 5.92. The summed E-state index contributed by atoms with van der Waals surface area (Å²) in [4.78, 5) is 8.21. The lowest BCUT2D eigenvalue weighted by Crippen LogP contribution is -2.27. The molecule has 0 amide bonds. The van der Waals surface area contributed by atoms with E-state index < -0.39 is 5.60 Å². The third-order valence-corrected chi connectivity index (χ3v) is 2.60. The van der Waals surface area contributed by atoms with E-state index in [9.17, 15) is 5.11 Å². The van der Waals surface area contributed by atoms with E-state index in [1.165, 1.54) is 0 Å². The van der Waals surface area contributed by atoms with Gasteiger partial charge in [-0.3, -0.25) is 4.98 Å². The fourth-order valence-electron chi connectivity index (χ4n) is 1.32. The van der Waals surface area contributed by atoms with Crippen LogP contribution in [0.4, 0.5) is 0 Å². The quantitative estimate of drug-likeness (QED) is 0.774. The van der Waals surface area contributed by atoms with Crippen LogP contribution in [-0.4, -0.2) is 28.3 Å². The maximum absolute atomic E-state index is 10.1. The molecule has 0 spiro atoms. The molecule has 0 aromatic carbocycles. The Morgan fingerprint density at radius 3 is 3.00 bits per heavy atom. The van der Waals surface area contributed by atoms with Crippen molar-refractivity contribution in [3.05, 3.63) is 21.8 Å². The van der Waals surface area contributed by atoms with E-state index in [1.807, 2.05) is 0 Å². The second kappa shape index (κ2) is 3.47. The highest BCUT2D eigenvalue weighted by molar-refractivity contribution is 14.1. The molecule has 1 aliphatic heterocycles. The SMILES string of the molecule is OC1(c2cncc(I)n2)CCOC1. The summed E-state index contributed by atoms with van der Waals surface area (Å²) in [5, 5.41) is 10.1. The van der Waals surface area contributed by atoms with E-state index in [1.54, 1.807) is 12.4 Å². The summed E-state index contributed by atoms with van der Waals surface area (Å²) in [5.74, 6) is 0. The normalized spacial score (nSPS) is 27.8. The van der Waals surface area contributed by atoms with Crippen LogP contribution >= 0.6 is 22.6 Å². The van der Waals surface area contributed by atoms with Crippen molar-refractivity contribution in [1.82, 2.24) is 9.97 Å². The molecule has 0 bridgehead atoms. The van der Waals surface area contributed by atoms with Crippen molar-refractivity contribution in [3.63, 3.8) is 0 Å². The lowest BCUT2D eigenvalue weighted by atomic mass is 10.00. The van der Waals surface area contributed by atoms with Gasteiger partial charge in [0.05, 0.1) is 24.7 Å². The molecule has 1 unspecified atom stereocenters. The molecule has 5 heteroatoms. The second-order valence-electron chi connectivity index (χ2n) is 3.06. The van der Waals surface area contributed by atoms with E-state index in [0.717, 1.165) is 3.70 Å². The third-order valence-electron chi connectivity index (χ3n) is 2.08. The van der Waals surface area contributed by atoms with Crippen molar-refractivity contribution < 1.29 is 9.84 Å². The standard InChI is InChI=1S/C8H9IN2O2/c9-7-4-10-3-6(11-7)8(12)1-2-13-5-8/h3-4,12H,1-2,5H2. The largest absolute Gasteiger partial charge is 0.381 e. The topological polar surface area (TPSA) is 55.2 Å². The Hall–Kier alpha value is -0.270. The van der Waals surface area contributed by atoms with Gasteiger partial charge in [-0.05, 0) is 22.6 Å². The van der Waals surface area contributed by atoms with Gasteiger partial charge in [-0.25, -0.2) is 4.98 Å². The van der Waals surface area contributed by atoms with Gasteiger partial charge in [-0.15, -0.1) is 0 Å². The molecule has 0 radical (unpaired) electrons. The van der Waals surface area contributed by atoms with Gasteiger partial charge in [-0.2, -0.15) is 0 Å². The fraction of sp³-hybridized carbons (Fsp3) is 0.500. The average Bonchev–Trinajstić information content (AvgIpc) is 2.54. The summed E-state index contributed by atoms with van der Waals surface area (Å²) in [7, 11) is 0. The molecule has 0 saturated carbocycles. The highest BCUT2D eigenvalue weighted by atomic mass is 127. The Kier molecular flexibility index (Phi) is 2.48. The molecule has 2 heterocycles. The number of aliphatic hydroxyl groups is 1. The van der Waals surface area contributed by atoms with Crippen molar-refractivity contribution in [2.75, 3.05) is 13.2 Å². The molecule has 2 rings (SSSR count). The summed E-state index contributed by atoms with van der Waals surface area (Å²) in [6, 6.07) is 0. The highest BCUT2D eigenvalue weighted by Crippen LogP contribution is 2.28. The van der Waals surface area contributed by atoms with Gasteiger partial charge < -0.3 is 9.84 Å². The number of aromatic nitrogens is 2. The molecule has 4 nitrogen and oxygen atoms in total. The minimum atomic E-state index is -0.922. The molecule has 1 aromatic rings. The first-order chi connectivity index (χ1) is 6.21. The summed E-state index contributed by atoms with van der Waals surface area (Å²) in [6.45, 7) is 0.908. The zero-order valence-corrected chi connectivity index (χ0v) is 9.06. The van der Waals surface area contributed by atoms with E-state index in [0.29, 0.717) is 25.3 Å². The van der Waals surface area contributed by atoms with Gasteiger partial charge in [0.2, 0.25) is 0 Å². The minimum Gasteiger partial charge on any atom is -0.381 e. The molecular formula is C8H9IN2O2. The Morgan fingerprint density at radius 1 is 1.54 bits per heavy atom. The Bertz CT molecular complexity index is 313. The van der Waals surface area contributed by atoms with Gasteiger partial charge in [0.15, 0.2) is 0 Å². The number of rotatable bonds is 1. The van der Waals surface area contributed by atoms with Crippen molar-refractivity contribution in [3.8, 4) is 0 Å². The summed E-state index contributed by atoms with van der Waals surface area (Å²) >= 11 is 2.07. The van der Waals surface area contributed by atoms with E-state index in [4.69, 9.17) is 4.74 Å². The third kappa shape index (κ3) is 1.82. The maximum atomic E-state index is 10.1. The van der Waals surface area contributed by atoms with Gasteiger partial charge in [0.25, 0.3) is 0 Å². The van der Waals surface area contributed by atoms with Gasteiger partial charge in [-0.1, -0.05) is 0 Å². The predicted octanol–water partition coefficient (Wildman–Crippen LogP) is 0.689. The second-order valence-corrected chi connectivity index (χ2v) is 4.17. The number of hydrogen-bond donors (Lipinski definition) is 1. The summed E-state index contributed by atoms with van der Waals surface area (Å²) in [5.41, 5.74) is -0.314. The first kappa shape index (κ1) is 9.29. The molecule has 1 N–H and O–H groups in total. The van der Waals surface area contributed by atoms with Crippen LogP contribution in [0.3, 0.4) is 0 Å². The lowest BCUT2D eigenvalue weighted by molar-refractivity contribution is 0.0189. The molecule has 0 aliphatic carbocycles. The monoisotopic (exact) mass is 292 g/mol. The zero-order valence-electron chi connectivity index (χ0n) is 6.90. The first-order valence-corrected chi connectivity index (χ1v) is 5.07. The zero-order chi connectivity index (χ0) is 9.31. The van der Waals surface area contributed by atoms with E-state index >= 15 is 0 Å². The number of halogens is 1. The Labute approximate surface area is 89.5 Å². The molecule has 70 valence electrons. The molecular weight excluding hydrogens is 283 g/mol. The van der Waals surface area contributed by atoms with E-state index in [2.05, 4.69) is 32.6 Å². The van der Waals surface area contributed by atoms with Gasteiger partial charge >= 0.3 is 0 Å². The number of ether oxygens (including phenoxy) is 1. The van der Waals surface area contributed by atoms with Crippen LogP contribution < -0.4 is 0 Å². The first-order valence-electron chi connectivity index (χ1n) is 3.99. The Morgan fingerprint density at radius 2 is 2.38 bits per heavy atom. The van der Waals surface area contributed by atoms with Crippen LogP contribution in [-0.2, 0) is 10.3 Å². The number of hydrogen-bond acceptors (Lipinski definition) is 4. The van der Waals surface area contributed by atoms with Gasteiger partial charge in [0, 0.05) is 13.0 Å². The van der Waals surface area contributed by atoms with Crippen molar-refractivity contribution >= 4 is 22.6 Å². The predicted molar refractivity (Wildman–Crippen MR) is 54.1 cm³/mol. The fourth-order valence-corrected chi connectivity index (χ4v) is 1.74. The van der Waals surface area contributed by atoms with Crippen LogP contribution in [0.1, 0.15) is 12.1 Å². The van der Waals surface area contributed by atoms with Crippen LogP contribution in [0, 0.1) is 3.70 Å². The summed E-state index contributed by atoms with van der Waals surface area (Å²) in [6.07, 6.45) is 3.85. The van der Waals surface area contributed by atoms with Crippen LogP contribution in [0.2, 0.25) is 0 Å². The molecule has 1 atom stereocenters. The van der Waals surface area contributed by atoms with Crippen LogP contribution in [0.5, 0.6) is 0 Å². The van der Waals surface area contributed by atoms with Gasteiger partial charge in [0.1, 0.15) is 9.30 Å². The van der Waals surface area contributed by atoms with Crippen molar-refractivity contribution in [1.29, 1.82) is 0 Å². The smallest absolute Gasteiger partial charge is 0.133 e. The minimum absolute atomic E-state index is 0.321. The average molecular weight is 292 g/mol. The highest BCUT2D eigenvalue weighted by Gasteiger charge is 2.35. The lowest BCUT2D eigenvalue weighted by Gasteiger charge is -2.18. The molecule has 1 fully saturated rings. The Balaban J connectivity index is 2.33. The molecule has 1 aliphatic rings. The van der Waals surface area contributed by atoms with Crippen LogP contribution in [0.15, 0.2) is 12.4 Å². The van der Waals surface area contributed by atoms with E-state index in [-0.39, 0.29) is 0 Å². The molecule has 13 heavy (non-hydrogen) atoms. The van der Waals surface area contributed by atoms with Crippen LogP contribution in [0.25, 0.3) is 0 Å². The van der Waals surface area contributed by atoms with Crippen molar-refractivity contribution in [2.45, 2.75) is 12.0 Å². The molecule has 1 aromatic heterocycles. The van der Waals surface area contributed by atoms with Crippen molar-refractivity contribution in [2.24, 2.45) is 0 Å².